The second-order valence-corrected chi connectivity index (χ2v) is 5.06. The van der Waals surface area contributed by atoms with E-state index in [9.17, 15) is 4.79 Å². The number of hydrogen-bond donors (Lipinski definition) is 2. The molecule has 0 aromatic carbocycles. The fourth-order valence-corrected chi connectivity index (χ4v) is 2.08. The van der Waals surface area contributed by atoms with Crippen molar-refractivity contribution in [1.29, 1.82) is 0 Å². The van der Waals surface area contributed by atoms with E-state index in [0.717, 1.165) is 13.2 Å². The molecule has 0 radical (unpaired) electrons. The Kier molecular flexibility index (Phi) is 3.47. The maximum absolute atomic E-state index is 11.9. The zero-order chi connectivity index (χ0) is 11.6. The number of rotatable bonds is 4. The molecular weight excluding hydrogens is 208 g/mol. The Morgan fingerprint density at radius 1 is 1.38 bits per heavy atom. The Morgan fingerprint density at radius 2 is 2.12 bits per heavy atom. The third-order valence-electron chi connectivity index (χ3n) is 3.38. The van der Waals surface area contributed by atoms with E-state index >= 15 is 0 Å². The highest BCUT2D eigenvalue weighted by Gasteiger charge is 2.37. The lowest BCUT2D eigenvalue weighted by molar-refractivity contribution is -0.130. The molecule has 2 unspecified atom stereocenters. The van der Waals surface area contributed by atoms with Crippen LogP contribution >= 0.6 is 0 Å². The van der Waals surface area contributed by atoms with Gasteiger partial charge < -0.3 is 20.1 Å². The van der Waals surface area contributed by atoms with Crippen molar-refractivity contribution in [1.82, 2.24) is 10.6 Å². The standard InChI is InChI=1S/C11H20N2O3/c1-11(6-16-7-11)5-13-10(14)8-3-15-4-9(8)12-2/h8-9,12H,3-7H2,1-2H3,(H,13,14). The highest BCUT2D eigenvalue weighted by atomic mass is 16.5. The van der Waals surface area contributed by atoms with Gasteiger partial charge in [0.25, 0.3) is 0 Å². The lowest BCUT2D eigenvalue weighted by Crippen LogP contribution is -2.51. The molecule has 2 aliphatic rings. The summed E-state index contributed by atoms with van der Waals surface area (Å²) in [6, 6.07) is 0.144. The van der Waals surface area contributed by atoms with Gasteiger partial charge in [0.1, 0.15) is 0 Å². The minimum Gasteiger partial charge on any atom is -0.380 e. The molecule has 2 aliphatic heterocycles. The first-order chi connectivity index (χ1) is 7.64. The normalized spacial score (nSPS) is 32.1. The van der Waals surface area contributed by atoms with Crippen LogP contribution in [0.5, 0.6) is 0 Å². The predicted molar refractivity (Wildman–Crippen MR) is 59.1 cm³/mol. The Labute approximate surface area is 95.9 Å². The van der Waals surface area contributed by atoms with E-state index in [1.165, 1.54) is 0 Å². The van der Waals surface area contributed by atoms with Crippen LogP contribution in [0, 0.1) is 11.3 Å². The zero-order valence-corrected chi connectivity index (χ0v) is 9.91. The number of hydrogen-bond acceptors (Lipinski definition) is 4. The fraction of sp³-hybridized carbons (Fsp3) is 0.909. The van der Waals surface area contributed by atoms with Crippen molar-refractivity contribution >= 4 is 5.91 Å². The van der Waals surface area contributed by atoms with Gasteiger partial charge in [0, 0.05) is 18.0 Å². The number of ether oxygens (including phenoxy) is 2. The molecule has 5 nitrogen and oxygen atoms in total. The van der Waals surface area contributed by atoms with E-state index in [2.05, 4.69) is 17.6 Å². The van der Waals surface area contributed by atoms with Crippen LogP contribution in [-0.4, -0.2) is 52.0 Å². The first-order valence-electron chi connectivity index (χ1n) is 5.75. The first kappa shape index (κ1) is 11.8. The van der Waals surface area contributed by atoms with Gasteiger partial charge in [-0.2, -0.15) is 0 Å². The summed E-state index contributed by atoms with van der Waals surface area (Å²) in [6.07, 6.45) is 0. The fourth-order valence-electron chi connectivity index (χ4n) is 2.08. The van der Waals surface area contributed by atoms with Crippen molar-refractivity contribution in [3.63, 3.8) is 0 Å². The smallest absolute Gasteiger partial charge is 0.227 e. The van der Waals surface area contributed by atoms with Gasteiger partial charge in [0.2, 0.25) is 5.91 Å². The van der Waals surface area contributed by atoms with Crippen molar-refractivity contribution in [2.45, 2.75) is 13.0 Å². The molecule has 92 valence electrons. The predicted octanol–water partition coefficient (Wildman–Crippen LogP) is -0.626. The number of amides is 1. The molecule has 2 heterocycles. The van der Waals surface area contributed by atoms with Crippen LogP contribution in [0.2, 0.25) is 0 Å². The highest BCUT2D eigenvalue weighted by molar-refractivity contribution is 5.79. The molecule has 0 spiro atoms. The molecule has 0 bridgehead atoms. The highest BCUT2D eigenvalue weighted by Crippen LogP contribution is 2.25. The van der Waals surface area contributed by atoms with Crippen LogP contribution in [0.15, 0.2) is 0 Å². The van der Waals surface area contributed by atoms with Crippen LogP contribution < -0.4 is 10.6 Å². The summed E-state index contributed by atoms with van der Waals surface area (Å²) in [7, 11) is 1.86. The van der Waals surface area contributed by atoms with E-state index in [4.69, 9.17) is 9.47 Å². The molecule has 0 aromatic heterocycles. The van der Waals surface area contributed by atoms with Crippen molar-refractivity contribution < 1.29 is 14.3 Å². The van der Waals surface area contributed by atoms with Gasteiger partial charge in [-0.1, -0.05) is 6.92 Å². The second kappa shape index (κ2) is 4.69. The Bertz CT molecular complexity index is 266. The van der Waals surface area contributed by atoms with Crippen LogP contribution in [-0.2, 0) is 14.3 Å². The average molecular weight is 228 g/mol. The molecule has 2 saturated heterocycles. The third-order valence-corrected chi connectivity index (χ3v) is 3.38. The van der Waals surface area contributed by atoms with Crippen LogP contribution in [0.1, 0.15) is 6.92 Å². The number of likely N-dealkylation sites (N-methyl/N-ethyl adjacent to an activating group) is 1. The Morgan fingerprint density at radius 3 is 2.69 bits per heavy atom. The summed E-state index contributed by atoms with van der Waals surface area (Å²) in [5.41, 5.74) is 0.129. The van der Waals surface area contributed by atoms with Gasteiger partial charge in [-0.05, 0) is 7.05 Å². The van der Waals surface area contributed by atoms with Gasteiger partial charge in [-0.3, -0.25) is 4.79 Å². The van der Waals surface area contributed by atoms with Crippen LogP contribution in [0.4, 0.5) is 0 Å². The van der Waals surface area contributed by atoms with Crippen LogP contribution in [0.25, 0.3) is 0 Å². The first-order valence-corrected chi connectivity index (χ1v) is 5.75. The lowest BCUT2D eigenvalue weighted by Gasteiger charge is -2.38. The molecule has 2 atom stereocenters. The zero-order valence-electron chi connectivity index (χ0n) is 9.91. The molecule has 5 heteroatoms. The summed E-state index contributed by atoms with van der Waals surface area (Å²) in [5, 5.41) is 6.10. The summed E-state index contributed by atoms with van der Waals surface area (Å²) < 4.78 is 10.5. The largest absolute Gasteiger partial charge is 0.380 e. The Balaban J connectivity index is 1.78. The summed E-state index contributed by atoms with van der Waals surface area (Å²) >= 11 is 0. The van der Waals surface area contributed by atoms with Crippen LogP contribution in [0.3, 0.4) is 0 Å². The monoisotopic (exact) mass is 228 g/mol. The molecule has 2 rings (SSSR count). The van der Waals surface area contributed by atoms with Crippen molar-refractivity contribution in [3.8, 4) is 0 Å². The molecule has 2 fully saturated rings. The molecule has 2 N–H and O–H groups in total. The minimum atomic E-state index is -0.0606. The molecule has 0 aromatic rings. The molecular formula is C11H20N2O3. The topological polar surface area (TPSA) is 59.6 Å². The molecule has 1 amide bonds. The van der Waals surface area contributed by atoms with E-state index in [1.54, 1.807) is 0 Å². The van der Waals surface area contributed by atoms with E-state index in [0.29, 0.717) is 19.8 Å². The summed E-state index contributed by atoms with van der Waals surface area (Å²) in [5.74, 6) is 0.0274. The Hall–Kier alpha value is -0.650. The molecule has 0 saturated carbocycles. The average Bonchev–Trinajstić information content (AvgIpc) is 2.71. The van der Waals surface area contributed by atoms with Gasteiger partial charge >= 0.3 is 0 Å². The SMILES string of the molecule is CNC1COCC1C(=O)NCC1(C)COC1. The minimum absolute atomic E-state index is 0.0606. The van der Waals surface area contributed by atoms with Gasteiger partial charge in [0.05, 0.1) is 32.3 Å². The maximum atomic E-state index is 11.9. The van der Waals surface area contributed by atoms with E-state index in [1.807, 2.05) is 7.05 Å². The van der Waals surface area contributed by atoms with E-state index < -0.39 is 0 Å². The van der Waals surface area contributed by atoms with Crippen molar-refractivity contribution in [2.24, 2.45) is 11.3 Å². The van der Waals surface area contributed by atoms with E-state index in [-0.39, 0.29) is 23.3 Å². The van der Waals surface area contributed by atoms with Gasteiger partial charge in [-0.25, -0.2) is 0 Å². The second-order valence-electron chi connectivity index (χ2n) is 5.06. The number of nitrogens with one attached hydrogen (secondary N) is 2. The molecule has 0 aliphatic carbocycles. The molecule has 16 heavy (non-hydrogen) atoms. The quantitative estimate of drug-likeness (QED) is 0.673. The van der Waals surface area contributed by atoms with Gasteiger partial charge in [-0.15, -0.1) is 0 Å². The summed E-state index contributed by atoms with van der Waals surface area (Å²) in [6.45, 7) is 5.43. The van der Waals surface area contributed by atoms with Crippen molar-refractivity contribution in [3.05, 3.63) is 0 Å². The lowest BCUT2D eigenvalue weighted by atomic mass is 9.88. The van der Waals surface area contributed by atoms with Crippen molar-refractivity contribution in [2.75, 3.05) is 40.0 Å². The summed E-state index contributed by atoms with van der Waals surface area (Å²) in [4.78, 5) is 11.9. The number of carbonyl (C=O) groups excluding carboxylic acids is 1. The van der Waals surface area contributed by atoms with Gasteiger partial charge in [0.15, 0.2) is 0 Å². The maximum Gasteiger partial charge on any atom is 0.227 e. The number of carbonyl (C=O) groups is 1. The third kappa shape index (κ3) is 2.36.